The van der Waals surface area contributed by atoms with E-state index in [1.807, 2.05) is 13.0 Å². The summed E-state index contributed by atoms with van der Waals surface area (Å²) in [4.78, 5) is 35.7. The molecule has 0 atom stereocenters. The largest absolute Gasteiger partial charge is 0.426 e. The van der Waals surface area contributed by atoms with Crippen LogP contribution >= 0.6 is 0 Å². The zero-order valence-corrected chi connectivity index (χ0v) is 24.4. The van der Waals surface area contributed by atoms with Crippen molar-refractivity contribution in [3.63, 3.8) is 0 Å². The van der Waals surface area contributed by atoms with Crippen molar-refractivity contribution in [2.45, 2.75) is 72.1 Å². The molecule has 40 heavy (non-hydrogen) atoms. The Balaban J connectivity index is 2.10. The molecular weight excluding hydrogens is 500 g/mol. The van der Waals surface area contributed by atoms with Gasteiger partial charge in [-0.1, -0.05) is 85.9 Å². The number of nitrogens with one attached hydrogen (secondary N) is 2. The maximum absolute atomic E-state index is 12.4. The fourth-order valence-corrected chi connectivity index (χ4v) is 3.47. The van der Waals surface area contributed by atoms with Crippen LogP contribution in [-0.4, -0.2) is 30.9 Å². The Labute approximate surface area is 240 Å². The molecule has 1 rings (SSSR count). The first kappa shape index (κ1) is 34.1. The van der Waals surface area contributed by atoms with Crippen LogP contribution in [0.4, 0.5) is 0 Å². The molecule has 2 amide bonds. The maximum Gasteiger partial charge on any atom is 0.308 e. The van der Waals surface area contributed by atoms with Crippen LogP contribution in [0.1, 0.15) is 81.1 Å². The summed E-state index contributed by atoms with van der Waals surface area (Å²) in [6.07, 6.45) is 32.7. The van der Waals surface area contributed by atoms with Crippen LogP contribution in [-0.2, 0) is 9.59 Å². The fourth-order valence-electron chi connectivity index (χ4n) is 3.47. The molecular formula is C34H46N2O4. The molecule has 1 aromatic rings. The van der Waals surface area contributed by atoms with Gasteiger partial charge in [-0.15, -0.1) is 0 Å². The lowest BCUT2D eigenvalue weighted by Gasteiger charge is -2.11. The van der Waals surface area contributed by atoms with Crippen molar-refractivity contribution >= 4 is 17.8 Å². The van der Waals surface area contributed by atoms with Crippen molar-refractivity contribution in [2.75, 3.05) is 13.1 Å². The Morgan fingerprint density at radius 1 is 0.725 bits per heavy atom. The highest BCUT2D eigenvalue weighted by molar-refractivity contribution is 5.97. The number of carbonyl (C=O) groups excluding carboxylic acids is 3. The van der Waals surface area contributed by atoms with Crippen molar-refractivity contribution in [1.29, 1.82) is 0 Å². The number of allylic oxidation sites excluding steroid dienone is 12. The van der Waals surface area contributed by atoms with Gasteiger partial charge in [-0.3, -0.25) is 14.4 Å². The van der Waals surface area contributed by atoms with E-state index < -0.39 is 5.97 Å². The summed E-state index contributed by atoms with van der Waals surface area (Å²) in [5.41, 5.74) is 1.16. The van der Waals surface area contributed by atoms with Gasteiger partial charge in [0, 0.05) is 26.4 Å². The summed E-state index contributed by atoms with van der Waals surface area (Å²) >= 11 is 0. The minimum absolute atomic E-state index is 0.0651. The van der Waals surface area contributed by atoms with Crippen LogP contribution in [0.15, 0.2) is 91.1 Å². The van der Waals surface area contributed by atoms with Crippen molar-refractivity contribution in [2.24, 2.45) is 0 Å². The fraction of sp³-hybridized carbons (Fsp3) is 0.382. The minimum Gasteiger partial charge on any atom is -0.426 e. The Morgan fingerprint density at radius 2 is 1.23 bits per heavy atom. The summed E-state index contributed by atoms with van der Waals surface area (Å²) in [5, 5.41) is 5.54. The molecule has 0 bridgehead atoms. The lowest BCUT2D eigenvalue weighted by molar-refractivity contribution is -0.131. The molecule has 0 aromatic heterocycles. The van der Waals surface area contributed by atoms with Crippen molar-refractivity contribution in [3.8, 4) is 5.75 Å². The van der Waals surface area contributed by atoms with Crippen molar-refractivity contribution < 1.29 is 19.1 Å². The first-order valence-electron chi connectivity index (χ1n) is 14.2. The summed E-state index contributed by atoms with van der Waals surface area (Å²) in [5.74, 6) is -0.683. The first-order chi connectivity index (χ1) is 19.4. The molecule has 0 saturated heterocycles. The number of carbonyl (C=O) groups is 3. The molecule has 0 fully saturated rings. The van der Waals surface area contributed by atoms with Gasteiger partial charge in [0.25, 0.3) is 5.91 Å². The van der Waals surface area contributed by atoms with Crippen LogP contribution in [0.3, 0.4) is 0 Å². The maximum atomic E-state index is 12.4. The van der Waals surface area contributed by atoms with Crippen LogP contribution in [0.25, 0.3) is 0 Å². The lowest BCUT2D eigenvalue weighted by atomic mass is 10.1. The Hall–Kier alpha value is -3.93. The second-order valence-electron chi connectivity index (χ2n) is 9.15. The topological polar surface area (TPSA) is 84.5 Å². The molecule has 0 spiro atoms. The second-order valence-corrected chi connectivity index (χ2v) is 9.15. The van der Waals surface area contributed by atoms with E-state index >= 15 is 0 Å². The summed E-state index contributed by atoms with van der Waals surface area (Å²) in [6, 6.07) is 5.04. The van der Waals surface area contributed by atoms with E-state index in [2.05, 4.69) is 84.4 Å². The van der Waals surface area contributed by atoms with Crippen LogP contribution in [0, 0.1) is 6.92 Å². The molecule has 0 aliphatic heterocycles. The molecule has 216 valence electrons. The number of hydrogen-bond donors (Lipinski definition) is 2. The highest BCUT2D eigenvalue weighted by Crippen LogP contribution is 2.20. The van der Waals surface area contributed by atoms with Crippen molar-refractivity contribution in [1.82, 2.24) is 10.6 Å². The SMILES string of the molecule is CC/C=C\C/C=C\C/C=C\C/C=C\C/C=C\C/C=C\CCC(=O)NCCNC(=O)c1ccc(C)cc1OC(C)=O. The molecule has 0 heterocycles. The molecule has 0 aliphatic rings. The first-order valence-corrected chi connectivity index (χ1v) is 14.2. The van der Waals surface area contributed by atoms with E-state index in [-0.39, 0.29) is 29.7 Å². The van der Waals surface area contributed by atoms with E-state index in [0.29, 0.717) is 19.4 Å². The highest BCUT2D eigenvalue weighted by atomic mass is 16.5. The van der Waals surface area contributed by atoms with Gasteiger partial charge in [-0.2, -0.15) is 0 Å². The number of hydrogen-bond acceptors (Lipinski definition) is 4. The minimum atomic E-state index is -0.487. The average molecular weight is 547 g/mol. The third-order valence-corrected chi connectivity index (χ3v) is 5.50. The predicted molar refractivity (Wildman–Crippen MR) is 165 cm³/mol. The molecule has 6 nitrogen and oxygen atoms in total. The molecule has 0 radical (unpaired) electrons. The number of amides is 2. The zero-order valence-electron chi connectivity index (χ0n) is 24.4. The Morgan fingerprint density at radius 3 is 1.75 bits per heavy atom. The number of aryl methyl sites for hydroxylation is 1. The van der Waals surface area contributed by atoms with Gasteiger partial charge in [0.2, 0.25) is 5.91 Å². The van der Waals surface area contributed by atoms with Gasteiger partial charge in [0.1, 0.15) is 5.75 Å². The number of rotatable bonds is 19. The monoisotopic (exact) mass is 546 g/mol. The Bertz CT molecular complexity index is 1080. The summed E-state index contributed by atoms with van der Waals surface area (Å²) in [6.45, 7) is 5.88. The van der Waals surface area contributed by atoms with Gasteiger partial charge in [0.15, 0.2) is 0 Å². The van der Waals surface area contributed by atoms with E-state index in [4.69, 9.17) is 4.74 Å². The third kappa shape index (κ3) is 18.3. The molecule has 2 N–H and O–H groups in total. The molecule has 6 heteroatoms. The molecule has 0 aliphatic carbocycles. The zero-order chi connectivity index (χ0) is 29.3. The van der Waals surface area contributed by atoms with Gasteiger partial charge in [0.05, 0.1) is 5.56 Å². The van der Waals surface area contributed by atoms with Crippen LogP contribution in [0.5, 0.6) is 5.75 Å². The van der Waals surface area contributed by atoms with E-state index in [1.165, 1.54) is 6.92 Å². The molecule has 0 saturated carbocycles. The molecule has 1 aromatic carbocycles. The average Bonchev–Trinajstić information content (AvgIpc) is 2.92. The van der Waals surface area contributed by atoms with Crippen LogP contribution in [0.2, 0.25) is 0 Å². The highest BCUT2D eigenvalue weighted by Gasteiger charge is 2.14. The van der Waals surface area contributed by atoms with Gasteiger partial charge in [-0.05, 0) is 69.6 Å². The van der Waals surface area contributed by atoms with E-state index in [0.717, 1.165) is 44.1 Å². The number of esters is 1. The van der Waals surface area contributed by atoms with Gasteiger partial charge >= 0.3 is 5.97 Å². The quantitative estimate of drug-likeness (QED) is 0.0829. The van der Waals surface area contributed by atoms with Gasteiger partial charge in [-0.25, -0.2) is 0 Å². The normalized spacial score (nSPS) is 12.1. The van der Waals surface area contributed by atoms with Gasteiger partial charge < -0.3 is 15.4 Å². The lowest BCUT2D eigenvalue weighted by Crippen LogP contribution is -2.34. The molecule has 0 unspecified atom stereocenters. The van der Waals surface area contributed by atoms with E-state index in [9.17, 15) is 14.4 Å². The second kappa shape index (κ2) is 23.0. The standard InChI is InChI=1S/C34H46N2O4/c1-4-5-6-7-8-9-10-11-12-13-14-15-16-17-18-19-20-21-22-23-33(38)35-26-27-36-34(39)31-25-24-29(2)28-32(31)40-30(3)37/h5-6,8-9,11-12,14-15,17-18,20-21,24-25,28H,4,7,10,13,16,19,22-23,26-27H2,1-3H3,(H,35,38)(H,36,39)/b6-5-,9-8-,12-11-,15-14-,18-17-,21-20-. The van der Waals surface area contributed by atoms with E-state index in [1.54, 1.807) is 18.2 Å². The number of benzene rings is 1. The predicted octanol–water partition coefficient (Wildman–Crippen LogP) is 7.24. The summed E-state index contributed by atoms with van der Waals surface area (Å²) < 4.78 is 5.13. The Kier molecular flexibility index (Phi) is 19.6. The van der Waals surface area contributed by atoms with Crippen molar-refractivity contribution in [3.05, 3.63) is 102 Å². The smallest absolute Gasteiger partial charge is 0.308 e. The number of ether oxygens (including phenoxy) is 1. The summed E-state index contributed by atoms with van der Waals surface area (Å²) in [7, 11) is 0. The third-order valence-electron chi connectivity index (χ3n) is 5.50. The van der Waals surface area contributed by atoms with Crippen LogP contribution < -0.4 is 15.4 Å².